The highest BCUT2D eigenvalue weighted by molar-refractivity contribution is 7.91. The number of hydrogen-bond acceptors (Lipinski definition) is 6. The largest absolute Gasteiger partial charge is 0.346 e. The molecule has 2 heterocycles. The Morgan fingerprint density at radius 3 is 2.76 bits per heavy atom. The number of hydrogen-bond donors (Lipinski definition) is 1. The zero-order chi connectivity index (χ0) is 15.8. The lowest BCUT2D eigenvalue weighted by atomic mass is 10.0. The second-order valence-electron chi connectivity index (χ2n) is 5.15. The normalized spacial score (nSPS) is 23.7. The first-order valence-electron chi connectivity index (χ1n) is 5.95. The molecule has 21 heavy (non-hydrogen) atoms. The zero-order valence-electron chi connectivity index (χ0n) is 11.0. The molecule has 1 unspecified atom stereocenters. The van der Waals surface area contributed by atoms with Gasteiger partial charge in [0.1, 0.15) is 11.3 Å². The van der Waals surface area contributed by atoms with Crippen LogP contribution >= 0.6 is 11.6 Å². The maximum Gasteiger partial charge on any atom is 0.288 e. The molecule has 1 aliphatic heterocycles. The molecular weight excluding hydrogens is 322 g/mol. The third kappa shape index (κ3) is 3.48. The number of carbonyl (C=O) groups is 1. The SMILES string of the molecule is CC1(NC(=O)c2cc([N+](=O)[O-])cnc2Cl)CCS(=O)(=O)C1. The Balaban J connectivity index is 2.25. The molecule has 1 aliphatic rings. The summed E-state index contributed by atoms with van der Waals surface area (Å²) in [6, 6.07) is 1.01. The van der Waals surface area contributed by atoms with Crippen molar-refractivity contribution < 1.29 is 18.1 Å². The van der Waals surface area contributed by atoms with E-state index in [1.807, 2.05) is 0 Å². The second-order valence-corrected chi connectivity index (χ2v) is 7.69. The number of nitro groups is 1. The van der Waals surface area contributed by atoms with E-state index in [4.69, 9.17) is 11.6 Å². The summed E-state index contributed by atoms with van der Waals surface area (Å²) < 4.78 is 23.0. The maximum absolute atomic E-state index is 12.2. The Morgan fingerprint density at radius 2 is 2.24 bits per heavy atom. The number of nitrogens with zero attached hydrogens (tertiary/aromatic N) is 2. The summed E-state index contributed by atoms with van der Waals surface area (Å²) in [6.45, 7) is 1.61. The molecule has 2 rings (SSSR count). The minimum Gasteiger partial charge on any atom is -0.346 e. The number of amides is 1. The van der Waals surface area contributed by atoms with Gasteiger partial charge in [0, 0.05) is 6.07 Å². The molecule has 10 heteroatoms. The smallest absolute Gasteiger partial charge is 0.288 e. The maximum atomic E-state index is 12.2. The van der Waals surface area contributed by atoms with E-state index in [1.165, 1.54) is 0 Å². The predicted molar refractivity (Wildman–Crippen MR) is 75.0 cm³/mol. The molecule has 0 saturated carbocycles. The molecule has 114 valence electrons. The van der Waals surface area contributed by atoms with Crippen LogP contribution in [0.2, 0.25) is 5.15 Å². The molecule has 8 nitrogen and oxygen atoms in total. The fourth-order valence-corrected chi connectivity index (χ4v) is 4.43. The molecule has 1 N–H and O–H groups in total. The van der Waals surface area contributed by atoms with Gasteiger partial charge in [-0.15, -0.1) is 0 Å². The summed E-state index contributed by atoms with van der Waals surface area (Å²) in [5, 5.41) is 13.1. The van der Waals surface area contributed by atoms with Crippen LogP contribution in [0.3, 0.4) is 0 Å². The van der Waals surface area contributed by atoms with Gasteiger partial charge in [-0.2, -0.15) is 0 Å². The Kier molecular flexibility index (Phi) is 3.89. The number of halogens is 1. The third-order valence-electron chi connectivity index (χ3n) is 3.20. The number of nitrogens with one attached hydrogen (secondary N) is 1. The first-order chi connectivity index (χ1) is 9.62. The Labute approximate surface area is 125 Å². The first kappa shape index (κ1) is 15.6. The quantitative estimate of drug-likeness (QED) is 0.499. The topological polar surface area (TPSA) is 119 Å². The first-order valence-corrected chi connectivity index (χ1v) is 8.15. The van der Waals surface area contributed by atoms with Gasteiger partial charge in [-0.3, -0.25) is 14.9 Å². The van der Waals surface area contributed by atoms with Gasteiger partial charge in [0.05, 0.1) is 27.5 Å². The molecule has 0 spiro atoms. The molecule has 1 amide bonds. The van der Waals surface area contributed by atoms with Gasteiger partial charge < -0.3 is 5.32 Å². The Hall–Kier alpha value is -1.74. The van der Waals surface area contributed by atoms with Gasteiger partial charge in [-0.05, 0) is 13.3 Å². The number of rotatable bonds is 3. The molecular formula is C11H12ClN3O5S. The summed E-state index contributed by atoms with van der Waals surface area (Å²) in [5.74, 6) is -0.869. The third-order valence-corrected chi connectivity index (χ3v) is 5.40. The van der Waals surface area contributed by atoms with Crippen LogP contribution in [0.25, 0.3) is 0 Å². The van der Waals surface area contributed by atoms with E-state index in [1.54, 1.807) is 6.92 Å². The lowest BCUT2D eigenvalue weighted by Crippen LogP contribution is -2.47. The van der Waals surface area contributed by atoms with Crippen LogP contribution in [0.1, 0.15) is 23.7 Å². The standard InChI is InChI=1S/C11H12ClN3O5S/c1-11(2-3-21(19,20)6-11)14-10(16)8-4-7(15(17)18)5-13-9(8)12/h4-5H,2-3,6H2,1H3,(H,14,16). The van der Waals surface area contributed by atoms with Crippen molar-refractivity contribution in [3.05, 3.63) is 33.1 Å². The Morgan fingerprint density at radius 1 is 1.57 bits per heavy atom. The molecule has 0 radical (unpaired) electrons. The van der Waals surface area contributed by atoms with Crippen molar-refractivity contribution in [3.8, 4) is 0 Å². The fraction of sp³-hybridized carbons (Fsp3) is 0.455. The van der Waals surface area contributed by atoms with E-state index in [2.05, 4.69) is 10.3 Å². The van der Waals surface area contributed by atoms with Crippen molar-refractivity contribution in [1.29, 1.82) is 0 Å². The van der Waals surface area contributed by atoms with Gasteiger partial charge in [0.15, 0.2) is 9.84 Å². The second kappa shape index (κ2) is 5.23. The summed E-state index contributed by atoms with van der Waals surface area (Å²) in [4.78, 5) is 25.8. The van der Waals surface area contributed by atoms with E-state index in [0.717, 1.165) is 12.3 Å². The van der Waals surface area contributed by atoms with Crippen molar-refractivity contribution in [1.82, 2.24) is 10.3 Å². The van der Waals surface area contributed by atoms with Crippen LogP contribution in [0.15, 0.2) is 12.3 Å². The summed E-state index contributed by atoms with van der Waals surface area (Å²) in [7, 11) is -3.19. The predicted octanol–water partition coefficient (Wildman–Crippen LogP) is 0.950. The van der Waals surface area contributed by atoms with Gasteiger partial charge in [0.25, 0.3) is 11.6 Å². The van der Waals surface area contributed by atoms with Crippen molar-refractivity contribution >= 4 is 33.0 Å². The van der Waals surface area contributed by atoms with Crippen LogP contribution < -0.4 is 5.32 Å². The molecule has 0 aromatic carbocycles. The van der Waals surface area contributed by atoms with E-state index >= 15 is 0 Å². The molecule has 1 saturated heterocycles. The van der Waals surface area contributed by atoms with Crippen LogP contribution in [0.4, 0.5) is 5.69 Å². The highest BCUT2D eigenvalue weighted by Gasteiger charge is 2.40. The number of carbonyl (C=O) groups excluding carboxylic acids is 1. The van der Waals surface area contributed by atoms with Crippen molar-refractivity contribution in [3.63, 3.8) is 0 Å². The van der Waals surface area contributed by atoms with Crippen LogP contribution in [0.5, 0.6) is 0 Å². The van der Waals surface area contributed by atoms with E-state index in [-0.39, 0.29) is 34.3 Å². The number of sulfone groups is 1. The Bertz CT molecular complexity index is 721. The molecule has 1 fully saturated rings. The van der Waals surface area contributed by atoms with Gasteiger partial charge in [-0.1, -0.05) is 11.6 Å². The lowest BCUT2D eigenvalue weighted by Gasteiger charge is -2.23. The van der Waals surface area contributed by atoms with E-state index < -0.39 is 26.2 Å². The minimum atomic E-state index is -3.19. The van der Waals surface area contributed by atoms with Gasteiger partial charge >= 0.3 is 0 Å². The molecule has 1 aromatic rings. The van der Waals surface area contributed by atoms with Crippen molar-refractivity contribution in [2.75, 3.05) is 11.5 Å². The lowest BCUT2D eigenvalue weighted by molar-refractivity contribution is -0.385. The summed E-state index contributed by atoms with van der Waals surface area (Å²) in [5.41, 5.74) is -1.44. The highest BCUT2D eigenvalue weighted by atomic mass is 35.5. The molecule has 1 atom stereocenters. The summed E-state index contributed by atoms with van der Waals surface area (Å²) in [6.07, 6.45) is 1.22. The fourth-order valence-electron chi connectivity index (χ4n) is 2.15. The monoisotopic (exact) mass is 333 g/mol. The van der Waals surface area contributed by atoms with Crippen LogP contribution in [-0.4, -0.2) is 41.3 Å². The highest BCUT2D eigenvalue weighted by Crippen LogP contribution is 2.25. The van der Waals surface area contributed by atoms with Crippen molar-refractivity contribution in [2.45, 2.75) is 18.9 Å². The molecule has 0 aliphatic carbocycles. The zero-order valence-corrected chi connectivity index (χ0v) is 12.6. The number of pyridine rings is 1. The molecule has 0 bridgehead atoms. The van der Waals surface area contributed by atoms with Crippen LogP contribution in [0, 0.1) is 10.1 Å². The van der Waals surface area contributed by atoms with Gasteiger partial charge in [0.2, 0.25) is 0 Å². The van der Waals surface area contributed by atoms with Crippen LogP contribution in [-0.2, 0) is 9.84 Å². The van der Waals surface area contributed by atoms with Crippen molar-refractivity contribution in [2.24, 2.45) is 0 Å². The summed E-state index contributed by atoms with van der Waals surface area (Å²) >= 11 is 5.77. The molecule has 1 aromatic heterocycles. The number of aromatic nitrogens is 1. The average molecular weight is 334 g/mol. The van der Waals surface area contributed by atoms with E-state index in [0.29, 0.717) is 0 Å². The van der Waals surface area contributed by atoms with Gasteiger partial charge in [-0.25, -0.2) is 13.4 Å². The minimum absolute atomic E-state index is 0.00923. The average Bonchev–Trinajstić information content (AvgIpc) is 2.63. The van der Waals surface area contributed by atoms with E-state index in [9.17, 15) is 23.3 Å².